The van der Waals surface area contributed by atoms with Crippen LogP contribution in [0.4, 0.5) is 17.1 Å². The highest BCUT2D eigenvalue weighted by Gasteiger charge is 2.15. The monoisotopic (exact) mass is 443 g/mol. The standard InChI is InChI=1S/C21H22ClN5O4/c1-12(11-19(29)24-16-9-7-15(8-10-16)23-14(3)28)26-27-21(31)20(30)25-18-6-4-5-17(22)13(18)2/h4-10H,11H2,1-3H3,(H,23,28)(H,24,29)(H,25,30)(H,27,31). The Kier molecular flexibility index (Phi) is 8.27. The molecule has 0 fully saturated rings. The third-order valence-corrected chi connectivity index (χ3v) is 4.39. The summed E-state index contributed by atoms with van der Waals surface area (Å²) in [6.07, 6.45) is -0.0945. The van der Waals surface area contributed by atoms with Crippen LogP contribution in [0.5, 0.6) is 0 Å². The largest absolute Gasteiger partial charge is 0.329 e. The van der Waals surface area contributed by atoms with Crippen LogP contribution in [0, 0.1) is 6.92 Å². The fourth-order valence-corrected chi connectivity index (χ4v) is 2.61. The van der Waals surface area contributed by atoms with Gasteiger partial charge in [-0.15, -0.1) is 0 Å². The fraction of sp³-hybridized carbons (Fsp3) is 0.190. The van der Waals surface area contributed by atoms with Crippen LogP contribution in [-0.2, 0) is 19.2 Å². The van der Waals surface area contributed by atoms with E-state index in [1.807, 2.05) is 0 Å². The summed E-state index contributed by atoms with van der Waals surface area (Å²) < 4.78 is 0. The lowest BCUT2D eigenvalue weighted by molar-refractivity contribution is -0.136. The van der Waals surface area contributed by atoms with Crippen molar-refractivity contribution in [2.24, 2.45) is 5.10 Å². The summed E-state index contributed by atoms with van der Waals surface area (Å²) in [5.41, 5.74) is 4.60. The second-order valence-electron chi connectivity index (χ2n) is 6.64. The van der Waals surface area contributed by atoms with Crippen molar-refractivity contribution in [3.8, 4) is 0 Å². The van der Waals surface area contributed by atoms with Gasteiger partial charge in [0, 0.05) is 34.7 Å². The maximum atomic E-state index is 12.1. The number of hydrogen-bond acceptors (Lipinski definition) is 5. The summed E-state index contributed by atoms with van der Waals surface area (Å²) in [7, 11) is 0. The van der Waals surface area contributed by atoms with Crippen molar-refractivity contribution >= 4 is 58.0 Å². The number of rotatable bonds is 6. The van der Waals surface area contributed by atoms with E-state index in [1.54, 1.807) is 56.3 Å². The highest BCUT2D eigenvalue weighted by molar-refractivity contribution is 6.40. The minimum atomic E-state index is -0.979. The van der Waals surface area contributed by atoms with Crippen LogP contribution >= 0.6 is 11.6 Å². The second kappa shape index (κ2) is 10.9. The zero-order chi connectivity index (χ0) is 23.0. The summed E-state index contributed by atoms with van der Waals surface area (Å²) in [5, 5.41) is 12.0. The van der Waals surface area contributed by atoms with Gasteiger partial charge < -0.3 is 16.0 Å². The normalized spacial score (nSPS) is 10.8. The van der Waals surface area contributed by atoms with E-state index in [2.05, 4.69) is 26.5 Å². The number of hydrazone groups is 1. The summed E-state index contributed by atoms with van der Waals surface area (Å²) in [4.78, 5) is 47.1. The Balaban J connectivity index is 1.85. The number of nitrogens with one attached hydrogen (secondary N) is 4. The number of carbonyl (C=O) groups is 4. The molecule has 10 heteroatoms. The van der Waals surface area contributed by atoms with Crippen LogP contribution in [0.3, 0.4) is 0 Å². The van der Waals surface area contributed by atoms with E-state index in [4.69, 9.17) is 11.6 Å². The van der Waals surface area contributed by atoms with Crippen molar-refractivity contribution in [1.29, 1.82) is 0 Å². The van der Waals surface area contributed by atoms with E-state index < -0.39 is 11.8 Å². The van der Waals surface area contributed by atoms with Crippen LogP contribution < -0.4 is 21.4 Å². The van der Waals surface area contributed by atoms with Crippen LogP contribution in [-0.4, -0.2) is 29.3 Å². The predicted molar refractivity (Wildman–Crippen MR) is 120 cm³/mol. The van der Waals surface area contributed by atoms with Crippen molar-refractivity contribution in [1.82, 2.24) is 5.43 Å². The van der Waals surface area contributed by atoms with E-state index in [1.165, 1.54) is 6.92 Å². The third kappa shape index (κ3) is 7.56. The average Bonchev–Trinajstić information content (AvgIpc) is 2.70. The summed E-state index contributed by atoms with van der Waals surface area (Å²) in [6.45, 7) is 4.65. The molecule has 0 atom stereocenters. The second-order valence-corrected chi connectivity index (χ2v) is 7.05. The van der Waals surface area contributed by atoms with Gasteiger partial charge in [0.05, 0.1) is 6.42 Å². The van der Waals surface area contributed by atoms with E-state index >= 15 is 0 Å². The number of halogens is 1. The molecule has 0 bridgehead atoms. The number of anilines is 3. The molecule has 2 aromatic rings. The van der Waals surface area contributed by atoms with Crippen molar-refractivity contribution in [3.63, 3.8) is 0 Å². The number of benzene rings is 2. The molecule has 0 aliphatic carbocycles. The van der Waals surface area contributed by atoms with Crippen LogP contribution in [0.2, 0.25) is 5.02 Å². The lowest BCUT2D eigenvalue weighted by Crippen LogP contribution is -2.33. The molecule has 0 unspecified atom stereocenters. The molecule has 162 valence electrons. The fourth-order valence-electron chi connectivity index (χ4n) is 2.44. The highest BCUT2D eigenvalue weighted by atomic mass is 35.5. The lowest BCUT2D eigenvalue weighted by Gasteiger charge is -2.09. The van der Waals surface area contributed by atoms with Gasteiger partial charge >= 0.3 is 11.8 Å². The zero-order valence-corrected chi connectivity index (χ0v) is 18.0. The summed E-state index contributed by atoms with van der Waals surface area (Å²) >= 11 is 5.99. The van der Waals surface area contributed by atoms with Crippen molar-refractivity contribution in [2.45, 2.75) is 27.2 Å². The molecule has 0 spiro atoms. The molecule has 31 heavy (non-hydrogen) atoms. The molecule has 0 aliphatic rings. The Hall–Kier alpha value is -3.72. The third-order valence-electron chi connectivity index (χ3n) is 3.98. The SMILES string of the molecule is CC(=O)Nc1ccc(NC(=O)CC(C)=NNC(=O)C(=O)Nc2cccc(Cl)c2C)cc1. The quantitative estimate of drug-likeness (QED) is 0.310. The van der Waals surface area contributed by atoms with Crippen LogP contribution in [0.1, 0.15) is 25.8 Å². The Labute approximate surface area is 184 Å². The van der Waals surface area contributed by atoms with Crippen molar-refractivity contribution in [2.75, 3.05) is 16.0 Å². The van der Waals surface area contributed by atoms with Gasteiger partial charge in [-0.2, -0.15) is 5.10 Å². The van der Waals surface area contributed by atoms with Gasteiger partial charge in [-0.25, -0.2) is 5.43 Å². The molecule has 2 rings (SSSR count). The average molecular weight is 444 g/mol. The summed E-state index contributed by atoms with van der Waals surface area (Å²) in [5.74, 6) is -2.44. The smallest absolute Gasteiger partial charge is 0.326 e. The Bertz CT molecular complexity index is 1030. The lowest BCUT2D eigenvalue weighted by atomic mass is 10.2. The van der Waals surface area contributed by atoms with Gasteiger partial charge in [0.25, 0.3) is 0 Å². The first-order chi connectivity index (χ1) is 14.7. The van der Waals surface area contributed by atoms with Crippen LogP contribution in [0.25, 0.3) is 0 Å². The topological polar surface area (TPSA) is 129 Å². The number of hydrogen-bond donors (Lipinski definition) is 4. The number of carbonyl (C=O) groups excluding carboxylic acids is 4. The van der Waals surface area contributed by atoms with E-state index in [0.717, 1.165) is 0 Å². The van der Waals surface area contributed by atoms with Gasteiger partial charge in [-0.1, -0.05) is 17.7 Å². The predicted octanol–water partition coefficient (Wildman–Crippen LogP) is 3.07. The Morgan fingerprint density at radius 1 is 0.871 bits per heavy atom. The van der Waals surface area contributed by atoms with Crippen LogP contribution in [0.15, 0.2) is 47.6 Å². The first kappa shape index (κ1) is 23.6. The van der Waals surface area contributed by atoms with E-state index in [9.17, 15) is 19.2 Å². The number of amides is 4. The maximum absolute atomic E-state index is 12.1. The molecule has 4 N–H and O–H groups in total. The minimum absolute atomic E-state index is 0.0945. The Morgan fingerprint density at radius 2 is 1.48 bits per heavy atom. The summed E-state index contributed by atoms with van der Waals surface area (Å²) in [6, 6.07) is 11.5. The minimum Gasteiger partial charge on any atom is -0.326 e. The molecule has 0 saturated heterocycles. The molecule has 0 aliphatic heterocycles. The van der Waals surface area contributed by atoms with Crippen molar-refractivity contribution in [3.05, 3.63) is 53.1 Å². The highest BCUT2D eigenvalue weighted by Crippen LogP contribution is 2.22. The first-order valence-electron chi connectivity index (χ1n) is 9.23. The molecule has 0 radical (unpaired) electrons. The molecule has 9 nitrogen and oxygen atoms in total. The van der Waals surface area contributed by atoms with Gasteiger partial charge in [0.2, 0.25) is 11.8 Å². The van der Waals surface area contributed by atoms with E-state index in [0.29, 0.717) is 33.4 Å². The van der Waals surface area contributed by atoms with Gasteiger partial charge in [0.15, 0.2) is 0 Å². The van der Waals surface area contributed by atoms with Gasteiger partial charge in [0.1, 0.15) is 0 Å². The van der Waals surface area contributed by atoms with Gasteiger partial charge in [-0.05, 0) is 55.8 Å². The zero-order valence-electron chi connectivity index (χ0n) is 17.2. The molecule has 0 heterocycles. The van der Waals surface area contributed by atoms with E-state index in [-0.39, 0.29) is 18.2 Å². The molecule has 4 amide bonds. The molecular weight excluding hydrogens is 422 g/mol. The first-order valence-corrected chi connectivity index (χ1v) is 9.60. The van der Waals surface area contributed by atoms with Gasteiger partial charge in [-0.3, -0.25) is 19.2 Å². The Morgan fingerprint density at radius 3 is 2.10 bits per heavy atom. The maximum Gasteiger partial charge on any atom is 0.329 e. The molecule has 0 aromatic heterocycles. The molecular formula is C21H22ClN5O4. The molecule has 0 saturated carbocycles. The number of nitrogens with zero attached hydrogens (tertiary/aromatic N) is 1. The van der Waals surface area contributed by atoms with Crippen molar-refractivity contribution < 1.29 is 19.2 Å². The molecule has 2 aromatic carbocycles.